The SMILES string of the molecule is COc1ccc(CCC(=O)N2CCN(Cc3cccc4cccnc34)CC2)cc1F. The Kier molecular flexibility index (Phi) is 6.23. The Bertz CT molecular complexity index is 1030. The predicted octanol–water partition coefficient (Wildman–Crippen LogP) is 3.66. The third kappa shape index (κ3) is 4.60. The van der Waals surface area contributed by atoms with Crippen LogP contribution in [0.5, 0.6) is 5.75 Å². The van der Waals surface area contributed by atoms with Crippen LogP contribution in [0.1, 0.15) is 17.5 Å². The van der Waals surface area contributed by atoms with E-state index in [2.05, 4.69) is 34.1 Å². The molecule has 2 aromatic carbocycles. The van der Waals surface area contributed by atoms with Crippen LogP contribution in [0.2, 0.25) is 0 Å². The van der Waals surface area contributed by atoms with Crippen molar-refractivity contribution >= 4 is 16.8 Å². The molecule has 1 fully saturated rings. The van der Waals surface area contributed by atoms with Crippen molar-refractivity contribution < 1.29 is 13.9 Å². The molecule has 0 saturated carbocycles. The second-order valence-electron chi connectivity index (χ2n) is 7.62. The van der Waals surface area contributed by atoms with Crippen LogP contribution in [0.4, 0.5) is 4.39 Å². The second kappa shape index (κ2) is 9.22. The fourth-order valence-electron chi connectivity index (χ4n) is 3.97. The van der Waals surface area contributed by atoms with Gasteiger partial charge in [0.25, 0.3) is 0 Å². The summed E-state index contributed by atoms with van der Waals surface area (Å²) in [6, 6.07) is 15.2. The van der Waals surface area contributed by atoms with Gasteiger partial charge in [-0.15, -0.1) is 0 Å². The molecule has 6 heteroatoms. The molecule has 0 bridgehead atoms. The average molecular weight is 407 g/mol. The number of piperazine rings is 1. The largest absolute Gasteiger partial charge is 0.494 e. The lowest BCUT2D eigenvalue weighted by molar-refractivity contribution is -0.133. The van der Waals surface area contributed by atoms with Crippen molar-refractivity contribution in [3.63, 3.8) is 0 Å². The zero-order valence-corrected chi connectivity index (χ0v) is 17.2. The van der Waals surface area contributed by atoms with Crippen LogP contribution in [0.3, 0.4) is 0 Å². The van der Waals surface area contributed by atoms with E-state index < -0.39 is 0 Å². The Labute approximate surface area is 176 Å². The van der Waals surface area contributed by atoms with E-state index in [0.717, 1.165) is 36.1 Å². The Morgan fingerprint density at radius 2 is 1.90 bits per heavy atom. The van der Waals surface area contributed by atoms with Crippen molar-refractivity contribution in [3.05, 3.63) is 71.7 Å². The number of ether oxygens (including phenoxy) is 1. The molecule has 1 aliphatic heterocycles. The van der Waals surface area contributed by atoms with Gasteiger partial charge in [-0.3, -0.25) is 14.7 Å². The molecule has 2 heterocycles. The zero-order chi connectivity index (χ0) is 20.9. The third-order valence-electron chi connectivity index (χ3n) is 5.68. The van der Waals surface area contributed by atoms with Gasteiger partial charge in [0.2, 0.25) is 5.91 Å². The number of fused-ring (bicyclic) bond motifs is 1. The number of hydrogen-bond donors (Lipinski definition) is 0. The number of carbonyl (C=O) groups is 1. The molecule has 156 valence electrons. The van der Waals surface area contributed by atoms with Crippen LogP contribution in [-0.4, -0.2) is 54.0 Å². The van der Waals surface area contributed by atoms with Gasteiger partial charge in [0.1, 0.15) is 0 Å². The van der Waals surface area contributed by atoms with Gasteiger partial charge in [-0.25, -0.2) is 4.39 Å². The van der Waals surface area contributed by atoms with Crippen molar-refractivity contribution in [2.75, 3.05) is 33.3 Å². The van der Waals surface area contributed by atoms with E-state index in [4.69, 9.17) is 4.74 Å². The van der Waals surface area contributed by atoms with Gasteiger partial charge in [0.15, 0.2) is 11.6 Å². The highest BCUT2D eigenvalue weighted by Gasteiger charge is 2.21. The maximum absolute atomic E-state index is 13.8. The molecule has 0 spiro atoms. The molecule has 0 aliphatic carbocycles. The number of carbonyl (C=O) groups excluding carboxylic acids is 1. The van der Waals surface area contributed by atoms with E-state index in [-0.39, 0.29) is 17.5 Å². The normalized spacial score (nSPS) is 14.8. The van der Waals surface area contributed by atoms with Crippen molar-refractivity contribution in [1.29, 1.82) is 0 Å². The molecule has 1 amide bonds. The number of para-hydroxylation sites is 1. The lowest BCUT2D eigenvalue weighted by atomic mass is 10.1. The molecular formula is C24H26FN3O2. The first-order valence-electron chi connectivity index (χ1n) is 10.3. The van der Waals surface area contributed by atoms with Gasteiger partial charge in [0.05, 0.1) is 12.6 Å². The Balaban J connectivity index is 1.28. The standard InChI is InChI=1S/C24H26FN3O2/c1-30-22-9-7-18(16-21(22)25)8-10-23(29)28-14-12-27(13-15-28)17-20-5-2-4-19-6-3-11-26-24(19)20/h2-7,9,11,16H,8,10,12-15,17H2,1H3. The fourth-order valence-corrected chi connectivity index (χ4v) is 3.97. The molecule has 0 unspecified atom stereocenters. The van der Waals surface area contributed by atoms with Crippen molar-refractivity contribution in [2.45, 2.75) is 19.4 Å². The quantitative estimate of drug-likeness (QED) is 0.626. The lowest BCUT2D eigenvalue weighted by Crippen LogP contribution is -2.48. The molecule has 3 aromatic rings. The van der Waals surface area contributed by atoms with E-state index in [1.54, 1.807) is 6.07 Å². The van der Waals surface area contributed by atoms with Gasteiger partial charge in [-0.05, 0) is 35.7 Å². The summed E-state index contributed by atoms with van der Waals surface area (Å²) in [6.07, 6.45) is 2.75. The van der Waals surface area contributed by atoms with E-state index in [1.165, 1.54) is 18.7 Å². The van der Waals surface area contributed by atoms with Crippen molar-refractivity contribution in [3.8, 4) is 5.75 Å². The first-order chi connectivity index (χ1) is 14.6. The second-order valence-corrected chi connectivity index (χ2v) is 7.62. The Hall–Kier alpha value is -2.99. The van der Waals surface area contributed by atoms with E-state index in [0.29, 0.717) is 25.9 Å². The molecule has 1 aromatic heterocycles. The van der Waals surface area contributed by atoms with Gasteiger partial charge >= 0.3 is 0 Å². The minimum absolute atomic E-state index is 0.123. The van der Waals surface area contributed by atoms with E-state index in [1.807, 2.05) is 23.2 Å². The minimum Gasteiger partial charge on any atom is -0.494 e. The average Bonchev–Trinajstić information content (AvgIpc) is 2.78. The number of hydrogen-bond acceptors (Lipinski definition) is 4. The first-order valence-corrected chi connectivity index (χ1v) is 10.3. The number of methoxy groups -OCH3 is 1. The van der Waals surface area contributed by atoms with Gasteiger partial charge in [-0.1, -0.05) is 30.3 Å². The highest BCUT2D eigenvalue weighted by Crippen LogP contribution is 2.20. The molecule has 5 nitrogen and oxygen atoms in total. The van der Waals surface area contributed by atoms with Gasteiger partial charge in [-0.2, -0.15) is 0 Å². The zero-order valence-electron chi connectivity index (χ0n) is 17.2. The van der Waals surface area contributed by atoms with Crippen LogP contribution in [-0.2, 0) is 17.8 Å². The summed E-state index contributed by atoms with van der Waals surface area (Å²) in [4.78, 5) is 21.4. The Morgan fingerprint density at radius 3 is 2.67 bits per heavy atom. The van der Waals surface area contributed by atoms with Crippen LogP contribution >= 0.6 is 0 Å². The van der Waals surface area contributed by atoms with E-state index in [9.17, 15) is 9.18 Å². The van der Waals surface area contributed by atoms with Gasteiger partial charge < -0.3 is 9.64 Å². The smallest absolute Gasteiger partial charge is 0.222 e. The molecule has 0 N–H and O–H groups in total. The third-order valence-corrected chi connectivity index (χ3v) is 5.68. The van der Waals surface area contributed by atoms with Crippen LogP contribution in [0, 0.1) is 5.82 Å². The summed E-state index contributed by atoms with van der Waals surface area (Å²) >= 11 is 0. The van der Waals surface area contributed by atoms with Gasteiger partial charge in [0, 0.05) is 50.7 Å². The fraction of sp³-hybridized carbons (Fsp3) is 0.333. The number of amides is 1. The molecule has 1 saturated heterocycles. The highest BCUT2D eigenvalue weighted by atomic mass is 19.1. The number of benzene rings is 2. The van der Waals surface area contributed by atoms with Crippen LogP contribution in [0.25, 0.3) is 10.9 Å². The summed E-state index contributed by atoms with van der Waals surface area (Å²) in [5.74, 6) is -0.0423. The number of aryl methyl sites for hydroxylation is 1. The molecule has 0 atom stereocenters. The topological polar surface area (TPSA) is 45.7 Å². The lowest BCUT2D eigenvalue weighted by Gasteiger charge is -2.35. The molecular weight excluding hydrogens is 381 g/mol. The minimum atomic E-state index is -0.390. The maximum atomic E-state index is 13.8. The molecule has 30 heavy (non-hydrogen) atoms. The summed E-state index contributed by atoms with van der Waals surface area (Å²) in [6.45, 7) is 3.95. The summed E-state index contributed by atoms with van der Waals surface area (Å²) < 4.78 is 18.8. The number of aromatic nitrogens is 1. The van der Waals surface area contributed by atoms with Crippen molar-refractivity contribution in [2.24, 2.45) is 0 Å². The molecule has 0 radical (unpaired) electrons. The number of pyridine rings is 1. The number of nitrogens with zero attached hydrogens (tertiary/aromatic N) is 3. The van der Waals surface area contributed by atoms with Crippen LogP contribution < -0.4 is 4.74 Å². The summed E-state index contributed by atoms with van der Waals surface area (Å²) in [7, 11) is 1.44. The van der Waals surface area contributed by atoms with Crippen LogP contribution in [0.15, 0.2) is 54.7 Å². The first kappa shape index (κ1) is 20.3. The predicted molar refractivity (Wildman–Crippen MR) is 115 cm³/mol. The molecule has 1 aliphatic rings. The molecule has 4 rings (SSSR count). The monoisotopic (exact) mass is 407 g/mol. The maximum Gasteiger partial charge on any atom is 0.222 e. The van der Waals surface area contributed by atoms with E-state index >= 15 is 0 Å². The summed E-state index contributed by atoms with van der Waals surface area (Å²) in [5, 5.41) is 1.15. The Morgan fingerprint density at radius 1 is 1.10 bits per heavy atom. The summed E-state index contributed by atoms with van der Waals surface area (Å²) in [5.41, 5.74) is 3.07. The highest BCUT2D eigenvalue weighted by molar-refractivity contribution is 5.81. The number of halogens is 1. The number of rotatable bonds is 6. The van der Waals surface area contributed by atoms with Crippen molar-refractivity contribution in [1.82, 2.24) is 14.8 Å².